The third-order valence-electron chi connectivity index (χ3n) is 5.89. The standard InChI is InChI=1S/C23H28N2O3/c1-14(2)21-17(4-3-5-18(21)15-8-10-28-11-9-15)12-19-22(23(26)27)25-20(13-24-19)16-6-7-16/h3-5,13-16H,6-12H2,1-2H3,(H,26,27). The molecule has 2 heterocycles. The Bertz CT molecular complexity index is 868. The van der Waals surface area contributed by atoms with Crippen LogP contribution in [0.2, 0.25) is 0 Å². The third kappa shape index (κ3) is 3.95. The average molecular weight is 380 g/mol. The number of aromatic carboxylic acids is 1. The van der Waals surface area contributed by atoms with Crippen molar-refractivity contribution in [3.8, 4) is 0 Å². The topological polar surface area (TPSA) is 72.3 Å². The maximum atomic E-state index is 11.8. The average Bonchev–Trinajstić information content (AvgIpc) is 3.54. The normalized spacial score (nSPS) is 17.8. The van der Waals surface area contributed by atoms with Gasteiger partial charge in [-0.15, -0.1) is 0 Å². The minimum absolute atomic E-state index is 0.107. The molecule has 1 saturated heterocycles. The predicted molar refractivity (Wildman–Crippen MR) is 107 cm³/mol. The molecule has 4 rings (SSSR count). The largest absolute Gasteiger partial charge is 0.476 e. The van der Waals surface area contributed by atoms with Crippen molar-refractivity contribution in [2.75, 3.05) is 13.2 Å². The Hall–Kier alpha value is -2.27. The number of carbonyl (C=O) groups is 1. The summed E-state index contributed by atoms with van der Waals surface area (Å²) in [5.74, 6) is 0.272. The second-order valence-electron chi connectivity index (χ2n) is 8.31. The molecule has 5 nitrogen and oxygen atoms in total. The fourth-order valence-electron chi connectivity index (χ4n) is 4.34. The van der Waals surface area contributed by atoms with Gasteiger partial charge in [0.1, 0.15) is 0 Å². The van der Waals surface area contributed by atoms with Gasteiger partial charge in [-0.2, -0.15) is 0 Å². The number of aromatic nitrogens is 2. The van der Waals surface area contributed by atoms with Crippen LogP contribution in [0.1, 0.15) is 95.9 Å². The highest BCUT2D eigenvalue weighted by Gasteiger charge is 2.28. The Morgan fingerprint density at radius 2 is 1.93 bits per heavy atom. The highest BCUT2D eigenvalue weighted by Crippen LogP contribution is 2.39. The van der Waals surface area contributed by atoms with Crippen LogP contribution in [0.5, 0.6) is 0 Å². The first-order chi connectivity index (χ1) is 13.5. The summed E-state index contributed by atoms with van der Waals surface area (Å²) in [5, 5.41) is 9.69. The first-order valence-electron chi connectivity index (χ1n) is 10.3. The Morgan fingerprint density at radius 3 is 2.57 bits per heavy atom. The lowest BCUT2D eigenvalue weighted by atomic mass is 9.81. The van der Waals surface area contributed by atoms with E-state index >= 15 is 0 Å². The quantitative estimate of drug-likeness (QED) is 0.789. The summed E-state index contributed by atoms with van der Waals surface area (Å²) in [6.07, 6.45) is 6.52. The van der Waals surface area contributed by atoms with Crippen molar-refractivity contribution >= 4 is 5.97 Å². The Labute approximate surface area is 166 Å². The van der Waals surface area contributed by atoms with Crippen LogP contribution in [-0.2, 0) is 11.2 Å². The molecule has 1 N–H and O–H groups in total. The second kappa shape index (κ2) is 8.00. The molecule has 1 aromatic carbocycles. The minimum Gasteiger partial charge on any atom is -0.476 e. The molecule has 0 unspecified atom stereocenters. The summed E-state index contributed by atoms with van der Waals surface area (Å²) in [5.41, 5.74) is 5.36. The van der Waals surface area contributed by atoms with Gasteiger partial charge in [-0.25, -0.2) is 9.78 Å². The van der Waals surface area contributed by atoms with Crippen molar-refractivity contribution in [1.82, 2.24) is 9.97 Å². The molecule has 0 bridgehead atoms. The summed E-state index contributed by atoms with van der Waals surface area (Å²) >= 11 is 0. The van der Waals surface area contributed by atoms with Gasteiger partial charge in [-0.1, -0.05) is 32.0 Å². The zero-order valence-electron chi connectivity index (χ0n) is 16.6. The Morgan fingerprint density at radius 1 is 1.18 bits per heavy atom. The molecular weight excluding hydrogens is 352 g/mol. The number of ether oxygens (including phenoxy) is 1. The van der Waals surface area contributed by atoms with Crippen LogP contribution < -0.4 is 0 Å². The zero-order chi connectivity index (χ0) is 19.7. The molecule has 28 heavy (non-hydrogen) atoms. The van der Waals surface area contributed by atoms with Gasteiger partial charge in [-0.3, -0.25) is 4.98 Å². The van der Waals surface area contributed by atoms with Gasteiger partial charge in [-0.05, 0) is 54.2 Å². The van der Waals surface area contributed by atoms with Crippen LogP contribution in [-0.4, -0.2) is 34.3 Å². The smallest absolute Gasteiger partial charge is 0.356 e. The predicted octanol–water partition coefficient (Wildman–Crippen LogP) is 4.66. The van der Waals surface area contributed by atoms with E-state index in [0.29, 0.717) is 29.9 Å². The molecule has 148 valence electrons. The number of carboxylic acids is 1. The van der Waals surface area contributed by atoms with Gasteiger partial charge in [0.05, 0.1) is 11.4 Å². The van der Waals surface area contributed by atoms with Gasteiger partial charge >= 0.3 is 5.97 Å². The fraction of sp³-hybridized carbons (Fsp3) is 0.522. The van der Waals surface area contributed by atoms with Crippen LogP contribution in [0.4, 0.5) is 0 Å². The number of carboxylic acid groups (broad SMARTS) is 1. The molecule has 1 aromatic heterocycles. The molecule has 1 aliphatic carbocycles. The van der Waals surface area contributed by atoms with Crippen LogP contribution in [0.25, 0.3) is 0 Å². The highest BCUT2D eigenvalue weighted by atomic mass is 16.5. The van der Waals surface area contributed by atoms with Gasteiger partial charge in [0.25, 0.3) is 0 Å². The summed E-state index contributed by atoms with van der Waals surface area (Å²) in [6.45, 7) is 6.04. The molecule has 5 heteroatoms. The number of benzene rings is 1. The van der Waals surface area contributed by atoms with E-state index in [1.54, 1.807) is 6.20 Å². The van der Waals surface area contributed by atoms with Crippen molar-refractivity contribution in [2.45, 2.75) is 63.7 Å². The molecule has 0 spiro atoms. The molecule has 0 atom stereocenters. The summed E-state index contributed by atoms with van der Waals surface area (Å²) in [7, 11) is 0. The number of rotatable bonds is 6. The van der Waals surface area contributed by atoms with Crippen molar-refractivity contribution in [1.29, 1.82) is 0 Å². The lowest BCUT2D eigenvalue weighted by Crippen LogP contribution is -2.17. The van der Waals surface area contributed by atoms with E-state index in [2.05, 4.69) is 42.0 Å². The highest BCUT2D eigenvalue weighted by molar-refractivity contribution is 5.86. The van der Waals surface area contributed by atoms with E-state index < -0.39 is 5.97 Å². The van der Waals surface area contributed by atoms with Crippen molar-refractivity contribution in [2.24, 2.45) is 0 Å². The van der Waals surface area contributed by atoms with E-state index in [1.807, 2.05) is 0 Å². The Balaban J connectivity index is 1.70. The third-order valence-corrected chi connectivity index (χ3v) is 5.89. The van der Waals surface area contributed by atoms with Crippen LogP contribution in [0.3, 0.4) is 0 Å². The molecular formula is C23H28N2O3. The molecule has 2 fully saturated rings. The Kier molecular flexibility index (Phi) is 5.44. The minimum atomic E-state index is -0.989. The lowest BCUT2D eigenvalue weighted by Gasteiger charge is -2.27. The van der Waals surface area contributed by atoms with Crippen LogP contribution >= 0.6 is 0 Å². The summed E-state index contributed by atoms with van der Waals surface area (Å²) in [4.78, 5) is 20.8. The number of hydrogen-bond donors (Lipinski definition) is 1. The van der Waals surface area contributed by atoms with Crippen LogP contribution in [0, 0.1) is 0 Å². The maximum absolute atomic E-state index is 11.8. The molecule has 2 aromatic rings. The van der Waals surface area contributed by atoms with Gasteiger partial charge in [0.15, 0.2) is 5.69 Å². The van der Waals surface area contributed by atoms with E-state index in [-0.39, 0.29) is 5.69 Å². The van der Waals surface area contributed by atoms with Crippen molar-refractivity contribution in [3.05, 3.63) is 58.2 Å². The van der Waals surface area contributed by atoms with Crippen molar-refractivity contribution < 1.29 is 14.6 Å². The molecule has 1 saturated carbocycles. The first kappa shape index (κ1) is 19.1. The zero-order valence-corrected chi connectivity index (χ0v) is 16.6. The van der Waals surface area contributed by atoms with E-state index in [4.69, 9.17) is 4.74 Å². The van der Waals surface area contributed by atoms with Crippen LogP contribution in [0.15, 0.2) is 24.4 Å². The molecule has 1 aliphatic heterocycles. The number of hydrogen-bond acceptors (Lipinski definition) is 4. The van der Waals surface area contributed by atoms with Gasteiger partial charge in [0, 0.05) is 31.7 Å². The molecule has 0 radical (unpaired) electrons. The fourth-order valence-corrected chi connectivity index (χ4v) is 4.34. The maximum Gasteiger partial charge on any atom is 0.356 e. The lowest BCUT2D eigenvalue weighted by molar-refractivity contribution is 0.0688. The van der Waals surface area contributed by atoms with Crippen molar-refractivity contribution in [3.63, 3.8) is 0 Å². The van der Waals surface area contributed by atoms with E-state index in [1.165, 1.54) is 11.1 Å². The summed E-state index contributed by atoms with van der Waals surface area (Å²) < 4.78 is 5.54. The van der Waals surface area contributed by atoms with E-state index in [0.717, 1.165) is 50.2 Å². The summed E-state index contributed by atoms with van der Waals surface area (Å²) in [6, 6.07) is 6.44. The first-order valence-corrected chi connectivity index (χ1v) is 10.3. The molecule has 0 amide bonds. The number of nitrogens with zero attached hydrogens (tertiary/aromatic N) is 2. The SMILES string of the molecule is CC(C)c1c(Cc2ncc(C3CC3)nc2C(=O)O)cccc1C1CCOCC1. The van der Waals surface area contributed by atoms with Gasteiger partial charge in [0.2, 0.25) is 0 Å². The molecule has 2 aliphatic rings. The second-order valence-corrected chi connectivity index (χ2v) is 8.31. The van der Waals surface area contributed by atoms with Gasteiger partial charge < -0.3 is 9.84 Å². The van der Waals surface area contributed by atoms with E-state index in [9.17, 15) is 9.90 Å². The monoisotopic (exact) mass is 380 g/mol.